The number of nitrogens with one attached hydrogen (secondary N) is 4. The van der Waals surface area contributed by atoms with Crippen molar-refractivity contribution >= 4 is 40.7 Å². The fraction of sp³-hybridized carbons (Fsp3) is 0.273. The van der Waals surface area contributed by atoms with E-state index in [0.29, 0.717) is 29.2 Å². The fourth-order valence-electron chi connectivity index (χ4n) is 2.37. The molecule has 0 saturated carbocycles. The van der Waals surface area contributed by atoms with Crippen molar-refractivity contribution in [3.05, 3.63) is 59.7 Å². The van der Waals surface area contributed by atoms with E-state index in [1.54, 1.807) is 62.4 Å². The zero-order chi connectivity index (χ0) is 22.8. The number of hydrogen-bond donors (Lipinski definition) is 4. The van der Waals surface area contributed by atoms with Gasteiger partial charge >= 0.3 is 0 Å². The van der Waals surface area contributed by atoms with Crippen LogP contribution in [0.4, 0.5) is 5.69 Å². The predicted octanol–water partition coefficient (Wildman–Crippen LogP) is 3.02. The Morgan fingerprint density at radius 2 is 1.65 bits per heavy atom. The molecule has 0 saturated heterocycles. The Morgan fingerprint density at radius 3 is 2.29 bits per heavy atom. The predicted molar refractivity (Wildman–Crippen MR) is 123 cm³/mol. The lowest BCUT2D eigenvalue weighted by Crippen LogP contribution is -2.48. The van der Waals surface area contributed by atoms with Crippen molar-refractivity contribution in [3.63, 3.8) is 0 Å². The highest BCUT2D eigenvalue weighted by Gasteiger charge is 2.14. The Labute approximate surface area is 186 Å². The molecule has 0 unspecified atom stereocenters. The third-order valence-electron chi connectivity index (χ3n) is 4.05. The van der Waals surface area contributed by atoms with E-state index in [4.69, 9.17) is 17.0 Å². The summed E-state index contributed by atoms with van der Waals surface area (Å²) in [5.41, 5.74) is 6.20. The highest BCUT2D eigenvalue weighted by atomic mass is 32.1. The van der Waals surface area contributed by atoms with Gasteiger partial charge < -0.3 is 10.1 Å². The summed E-state index contributed by atoms with van der Waals surface area (Å²) in [4.78, 5) is 36.4. The van der Waals surface area contributed by atoms with Crippen LogP contribution in [0.25, 0.3) is 0 Å². The summed E-state index contributed by atoms with van der Waals surface area (Å²) in [7, 11) is 0. The van der Waals surface area contributed by atoms with Gasteiger partial charge in [0.1, 0.15) is 5.75 Å². The second-order valence-corrected chi connectivity index (χ2v) is 7.34. The molecule has 2 aromatic carbocycles. The summed E-state index contributed by atoms with van der Waals surface area (Å²) in [6, 6.07) is 13.2. The van der Waals surface area contributed by atoms with Crippen LogP contribution in [0.5, 0.6) is 5.75 Å². The van der Waals surface area contributed by atoms with Crippen molar-refractivity contribution in [2.75, 3.05) is 11.9 Å². The first-order valence-corrected chi connectivity index (χ1v) is 10.3. The maximum Gasteiger partial charge on any atom is 0.269 e. The maximum absolute atomic E-state index is 12.5. The minimum Gasteiger partial charge on any atom is -0.493 e. The number of carbonyl (C=O) groups excluding carboxylic acids is 3. The average molecular weight is 443 g/mol. The number of thiocarbonyl (C=S) groups is 1. The molecule has 164 valence electrons. The Bertz CT molecular complexity index is 945. The highest BCUT2D eigenvalue weighted by molar-refractivity contribution is 7.80. The van der Waals surface area contributed by atoms with Gasteiger partial charge in [0.2, 0.25) is 5.91 Å². The molecule has 0 aliphatic carbocycles. The van der Waals surface area contributed by atoms with Gasteiger partial charge in [-0.25, -0.2) is 0 Å². The van der Waals surface area contributed by atoms with Crippen molar-refractivity contribution in [2.24, 2.45) is 5.92 Å². The lowest BCUT2D eigenvalue weighted by atomic mass is 10.1. The lowest BCUT2D eigenvalue weighted by molar-refractivity contribution is -0.118. The molecule has 0 aromatic heterocycles. The smallest absolute Gasteiger partial charge is 0.269 e. The van der Waals surface area contributed by atoms with Crippen LogP contribution in [0.2, 0.25) is 0 Å². The van der Waals surface area contributed by atoms with Crippen LogP contribution in [0.15, 0.2) is 48.5 Å². The van der Waals surface area contributed by atoms with Crippen LogP contribution in [0.3, 0.4) is 0 Å². The van der Waals surface area contributed by atoms with Gasteiger partial charge in [0.25, 0.3) is 11.8 Å². The van der Waals surface area contributed by atoms with Crippen LogP contribution >= 0.6 is 12.2 Å². The largest absolute Gasteiger partial charge is 0.493 e. The molecular formula is C22H26N4O4S. The molecule has 0 bridgehead atoms. The molecule has 31 heavy (non-hydrogen) atoms. The summed E-state index contributed by atoms with van der Waals surface area (Å²) in [5.74, 6) is -0.706. The maximum atomic E-state index is 12.5. The number of hydrogen-bond acceptors (Lipinski definition) is 5. The van der Waals surface area contributed by atoms with Crippen LogP contribution in [0.1, 0.15) is 47.9 Å². The number of benzene rings is 2. The Hall–Kier alpha value is -3.46. The van der Waals surface area contributed by atoms with Crippen LogP contribution < -0.4 is 26.2 Å². The molecule has 0 heterocycles. The molecule has 0 aliphatic rings. The molecule has 0 fully saturated rings. The third kappa shape index (κ3) is 7.38. The van der Waals surface area contributed by atoms with E-state index in [9.17, 15) is 14.4 Å². The van der Waals surface area contributed by atoms with E-state index in [1.165, 1.54) is 0 Å². The van der Waals surface area contributed by atoms with Crippen molar-refractivity contribution in [3.8, 4) is 5.75 Å². The Balaban J connectivity index is 1.88. The van der Waals surface area contributed by atoms with Gasteiger partial charge in [-0.15, -0.1) is 0 Å². The molecule has 2 aromatic rings. The molecule has 0 radical (unpaired) electrons. The standard InChI is InChI=1S/C22H26N4O4S/c1-4-13-30-18-8-6-5-7-17(18)21(29)24-22(31)26-25-20(28)15-9-11-16(12-10-15)23-19(27)14(2)3/h5-12,14H,4,13H2,1-3H3,(H,23,27)(H,25,28)(H2,24,26,29,31). The Morgan fingerprint density at radius 1 is 0.968 bits per heavy atom. The average Bonchev–Trinajstić information content (AvgIpc) is 2.76. The van der Waals surface area contributed by atoms with Gasteiger partial charge in [-0.2, -0.15) is 0 Å². The number of ether oxygens (including phenoxy) is 1. The molecule has 2 rings (SSSR count). The molecule has 0 atom stereocenters. The van der Waals surface area contributed by atoms with E-state index in [1.807, 2.05) is 6.92 Å². The number of rotatable bonds is 7. The summed E-state index contributed by atoms with van der Waals surface area (Å²) in [6.07, 6.45) is 0.813. The first kappa shape index (κ1) is 23.8. The van der Waals surface area contributed by atoms with Gasteiger partial charge in [-0.1, -0.05) is 32.9 Å². The van der Waals surface area contributed by atoms with E-state index in [2.05, 4.69) is 21.5 Å². The van der Waals surface area contributed by atoms with E-state index in [-0.39, 0.29) is 16.9 Å². The van der Waals surface area contributed by atoms with Gasteiger partial charge in [0.05, 0.1) is 12.2 Å². The SMILES string of the molecule is CCCOc1ccccc1C(=O)NC(=S)NNC(=O)c1ccc(NC(=O)C(C)C)cc1. The summed E-state index contributed by atoms with van der Waals surface area (Å²) in [5, 5.41) is 5.18. The summed E-state index contributed by atoms with van der Waals surface area (Å²) < 4.78 is 5.57. The second kappa shape index (κ2) is 11.7. The van der Waals surface area contributed by atoms with Crippen LogP contribution in [-0.2, 0) is 4.79 Å². The normalized spacial score (nSPS) is 10.2. The minimum absolute atomic E-state index is 0.0653. The zero-order valence-corrected chi connectivity index (χ0v) is 18.5. The molecular weight excluding hydrogens is 416 g/mol. The molecule has 0 aliphatic heterocycles. The van der Waals surface area contributed by atoms with Crippen molar-refractivity contribution in [1.29, 1.82) is 0 Å². The monoisotopic (exact) mass is 442 g/mol. The Kier molecular flexibility index (Phi) is 8.95. The molecule has 0 spiro atoms. The number of para-hydroxylation sites is 1. The van der Waals surface area contributed by atoms with Crippen LogP contribution in [-0.4, -0.2) is 29.4 Å². The zero-order valence-electron chi connectivity index (χ0n) is 17.7. The van der Waals surface area contributed by atoms with Crippen LogP contribution in [0, 0.1) is 5.92 Å². The van der Waals surface area contributed by atoms with Gasteiger partial charge in [-0.3, -0.25) is 30.6 Å². The molecule has 4 N–H and O–H groups in total. The van der Waals surface area contributed by atoms with Crippen molar-refractivity contribution < 1.29 is 19.1 Å². The number of amides is 3. The van der Waals surface area contributed by atoms with Gasteiger partial charge in [0, 0.05) is 17.2 Å². The number of anilines is 1. The molecule has 3 amide bonds. The van der Waals surface area contributed by atoms with Crippen molar-refractivity contribution in [2.45, 2.75) is 27.2 Å². The van der Waals surface area contributed by atoms with Gasteiger partial charge in [-0.05, 0) is 55.0 Å². The first-order chi connectivity index (χ1) is 14.8. The van der Waals surface area contributed by atoms with Gasteiger partial charge in [0.15, 0.2) is 5.11 Å². The van der Waals surface area contributed by atoms with E-state index >= 15 is 0 Å². The lowest BCUT2D eigenvalue weighted by Gasteiger charge is -2.13. The molecule has 8 nitrogen and oxygen atoms in total. The van der Waals surface area contributed by atoms with E-state index < -0.39 is 11.8 Å². The summed E-state index contributed by atoms with van der Waals surface area (Å²) in [6.45, 7) is 6.05. The third-order valence-corrected chi connectivity index (χ3v) is 4.25. The molecule has 9 heteroatoms. The first-order valence-electron chi connectivity index (χ1n) is 9.86. The van der Waals surface area contributed by atoms with E-state index in [0.717, 1.165) is 6.42 Å². The number of hydrazine groups is 1. The topological polar surface area (TPSA) is 109 Å². The van der Waals surface area contributed by atoms with Crippen molar-refractivity contribution in [1.82, 2.24) is 16.2 Å². The highest BCUT2D eigenvalue weighted by Crippen LogP contribution is 2.18. The summed E-state index contributed by atoms with van der Waals surface area (Å²) >= 11 is 5.08. The second-order valence-electron chi connectivity index (χ2n) is 6.93. The number of carbonyl (C=O) groups is 3. The fourth-order valence-corrected chi connectivity index (χ4v) is 2.51. The minimum atomic E-state index is -0.455. The quantitative estimate of drug-likeness (QED) is 0.388.